The van der Waals surface area contributed by atoms with Gasteiger partial charge in [0.05, 0.1) is 18.5 Å². The van der Waals surface area contributed by atoms with Crippen molar-refractivity contribution in [3.8, 4) is 5.75 Å². The Morgan fingerprint density at radius 3 is 2.83 bits per heavy atom. The number of amides is 1. The lowest BCUT2D eigenvalue weighted by Crippen LogP contribution is -2.12. The van der Waals surface area contributed by atoms with Gasteiger partial charge in [-0.3, -0.25) is 9.89 Å². The zero-order valence-corrected chi connectivity index (χ0v) is 13.8. The highest BCUT2D eigenvalue weighted by Gasteiger charge is 2.07. The molecule has 2 N–H and O–H groups in total. The Morgan fingerprint density at radius 1 is 1.29 bits per heavy atom. The molecule has 1 aromatic carbocycles. The van der Waals surface area contributed by atoms with Gasteiger partial charge in [0.15, 0.2) is 5.65 Å². The Kier molecular flexibility index (Phi) is 4.74. The molecule has 124 valence electrons. The summed E-state index contributed by atoms with van der Waals surface area (Å²) in [7, 11) is 0. The zero-order valence-electron chi connectivity index (χ0n) is 13.8. The Bertz CT molecular complexity index is 840. The molecule has 0 bridgehead atoms. The molecule has 0 aliphatic carbocycles. The number of ether oxygens (including phenoxy) is 1. The van der Waals surface area contributed by atoms with Crippen LogP contribution in [0.4, 0.5) is 5.69 Å². The van der Waals surface area contributed by atoms with Gasteiger partial charge in [0, 0.05) is 17.5 Å². The van der Waals surface area contributed by atoms with Crippen molar-refractivity contribution in [1.29, 1.82) is 0 Å². The highest BCUT2D eigenvalue weighted by Crippen LogP contribution is 2.18. The quantitative estimate of drug-likeness (QED) is 0.729. The minimum Gasteiger partial charge on any atom is -0.494 e. The molecule has 0 saturated heterocycles. The van der Waals surface area contributed by atoms with Crippen molar-refractivity contribution < 1.29 is 9.53 Å². The van der Waals surface area contributed by atoms with E-state index in [0.717, 1.165) is 22.4 Å². The lowest BCUT2D eigenvalue weighted by Gasteiger charge is -2.06. The fraction of sp³-hybridized carbons (Fsp3) is 0.278. The maximum atomic E-state index is 12.1. The molecule has 2 aromatic heterocycles. The standard InChI is InChI=1S/C18H20N4O2/c1-3-24-15-7-4-13(5-8-15)6-9-17(23)20-14-10-16-12(2)21-22-18(16)19-11-14/h4-5,7-8,10-11H,3,6,9H2,1-2H3,(H,20,23)(H,19,21,22). The first-order valence-corrected chi connectivity index (χ1v) is 7.98. The van der Waals surface area contributed by atoms with Gasteiger partial charge in [-0.1, -0.05) is 12.1 Å². The summed E-state index contributed by atoms with van der Waals surface area (Å²) < 4.78 is 5.41. The second kappa shape index (κ2) is 7.12. The van der Waals surface area contributed by atoms with Crippen LogP contribution in [0.3, 0.4) is 0 Å². The van der Waals surface area contributed by atoms with E-state index in [1.54, 1.807) is 6.20 Å². The average molecular weight is 324 g/mol. The Labute approximate surface area is 140 Å². The fourth-order valence-corrected chi connectivity index (χ4v) is 2.49. The minimum absolute atomic E-state index is 0.0359. The van der Waals surface area contributed by atoms with Crippen LogP contribution in [-0.4, -0.2) is 27.7 Å². The van der Waals surface area contributed by atoms with Gasteiger partial charge in [-0.25, -0.2) is 4.98 Å². The molecule has 2 heterocycles. The van der Waals surface area contributed by atoms with E-state index in [2.05, 4.69) is 20.5 Å². The largest absolute Gasteiger partial charge is 0.494 e. The molecule has 0 saturated carbocycles. The van der Waals surface area contributed by atoms with E-state index in [4.69, 9.17) is 4.74 Å². The smallest absolute Gasteiger partial charge is 0.224 e. The molecule has 0 aliphatic heterocycles. The SMILES string of the molecule is CCOc1ccc(CCC(=O)Nc2cnc3n[nH]c(C)c3c2)cc1. The average Bonchev–Trinajstić information content (AvgIpc) is 2.95. The summed E-state index contributed by atoms with van der Waals surface area (Å²) in [5.74, 6) is 0.812. The highest BCUT2D eigenvalue weighted by atomic mass is 16.5. The number of aromatic amines is 1. The van der Waals surface area contributed by atoms with E-state index in [0.29, 0.717) is 30.8 Å². The molecular formula is C18H20N4O2. The second-order valence-electron chi connectivity index (χ2n) is 5.57. The number of nitrogens with zero attached hydrogens (tertiary/aromatic N) is 2. The van der Waals surface area contributed by atoms with E-state index in [1.807, 2.05) is 44.2 Å². The molecule has 0 radical (unpaired) electrons. The Morgan fingerprint density at radius 2 is 2.08 bits per heavy atom. The monoisotopic (exact) mass is 324 g/mol. The number of anilines is 1. The van der Waals surface area contributed by atoms with Crippen LogP contribution in [0.15, 0.2) is 36.5 Å². The minimum atomic E-state index is -0.0359. The van der Waals surface area contributed by atoms with Crippen LogP contribution < -0.4 is 10.1 Å². The van der Waals surface area contributed by atoms with Crippen LogP contribution >= 0.6 is 0 Å². The summed E-state index contributed by atoms with van der Waals surface area (Å²) in [6.45, 7) is 4.53. The number of aryl methyl sites for hydroxylation is 2. The van der Waals surface area contributed by atoms with E-state index in [9.17, 15) is 4.79 Å². The summed E-state index contributed by atoms with van der Waals surface area (Å²) >= 11 is 0. The van der Waals surface area contributed by atoms with Crippen molar-refractivity contribution in [2.45, 2.75) is 26.7 Å². The number of hydrogen-bond acceptors (Lipinski definition) is 4. The maximum absolute atomic E-state index is 12.1. The molecule has 6 heteroatoms. The fourth-order valence-electron chi connectivity index (χ4n) is 2.49. The number of rotatable bonds is 6. The van der Waals surface area contributed by atoms with Crippen molar-refractivity contribution in [3.05, 3.63) is 47.8 Å². The number of benzene rings is 1. The normalized spacial score (nSPS) is 10.8. The number of nitrogens with one attached hydrogen (secondary N) is 2. The predicted octanol–water partition coefficient (Wildman–Crippen LogP) is 3.24. The molecule has 6 nitrogen and oxygen atoms in total. The van der Waals surface area contributed by atoms with E-state index in [1.165, 1.54) is 0 Å². The third-order valence-electron chi connectivity index (χ3n) is 3.76. The molecule has 0 atom stereocenters. The van der Waals surface area contributed by atoms with Crippen LogP contribution in [0.25, 0.3) is 11.0 Å². The number of H-pyrrole nitrogens is 1. The molecule has 1 amide bonds. The Hall–Kier alpha value is -2.89. The first-order valence-electron chi connectivity index (χ1n) is 7.98. The molecular weight excluding hydrogens is 304 g/mol. The molecule has 24 heavy (non-hydrogen) atoms. The van der Waals surface area contributed by atoms with E-state index < -0.39 is 0 Å². The highest BCUT2D eigenvalue weighted by molar-refractivity contribution is 5.93. The number of pyridine rings is 1. The third-order valence-corrected chi connectivity index (χ3v) is 3.76. The Balaban J connectivity index is 1.57. The number of aromatic nitrogens is 3. The summed E-state index contributed by atoms with van der Waals surface area (Å²) in [5, 5.41) is 10.8. The van der Waals surface area contributed by atoms with Crippen LogP contribution in [0.1, 0.15) is 24.6 Å². The first-order chi connectivity index (χ1) is 11.7. The van der Waals surface area contributed by atoms with E-state index in [-0.39, 0.29) is 5.91 Å². The number of hydrogen-bond donors (Lipinski definition) is 2. The van der Waals surface area contributed by atoms with Gasteiger partial charge < -0.3 is 10.1 Å². The van der Waals surface area contributed by atoms with Gasteiger partial charge in [0.1, 0.15) is 5.75 Å². The molecule has 3 aromatic rings. The molecule has 0 spiro atoms. The first kappa shape index (κ1) is 16.0. The van der Waals surface area contributed by atoms with Crippen molar-refractivity contribution in [3.63, 3.8) is 0 Å². The molecule has 0 unspecified atom stereocenters. The van der Waals surface area contributed by atoms with Crippen molar-refractivity contribution >= 4 is 22.6 Å². The van der Waals surface area contributed by atoms with Crippen molar-refractivity contribution in [1.82, 2.24) is 15.2 Å². The second-order valence-corrected chi connectivity index (χ2v) is 5.57. The van der Waals surface area contributed by atoms with Crippen LogP contribution in [0.5, 0.6) is 5.75 Å². The van der Waals surface area contributed by atoms with Gasteiger partial charge >= 0.3 is 0 Å². The van der Waals surface area contributed by atoms with Crippen LogP contribution in [0.2, 0.25) is 0 Å². The third kappa shape index (κ3) is 3.71. The van der Waals surface area contributed by atoms with Gasteiger partial charge in [-0.2, -0.15) is 5.10 Å². The zero-order chi connectivity index (χ0) is 16.9. The van der Waals surface area contributed by atoms with E-state index >= 15 is 0 Å². The molecule has 3 rings (SSSR count). The van der Waals surface area contributed by atoms with Crippen molar-refractivity contribution in [2.24, 2.45) is 0 Å². The summed E-state index contributed by atoms with van der Waals surface area (Å²) in [4.78, 5) is 16.4. The van der Waals surface area contributed by atoms with Gasteiger partial charge in [0.25, 0.3) is 0 Å². The molecule has 0 aliphatic rings. The van der Waals surface area contributed by atoms with Crippen LogP contribution in [0, 0.1) is 6.92 Å². The lowest BCUT2D eigenvalue weighted by molar-refractivity contribution is -0.116. The summed E-state index contributed by atoms with van der Waals surface area (Å²) in [6.07, 6.45) is 2.71. The number of carbonyl (C=O) groups excluding carboxylic acids is 1. The molecule has 0 fully saturated rings. The topological polar surface area (TPSA) is 79.9 Å². The van der Waals surface area contributed by atoms with Gasteiger partial charge in [0.2, 0.25) is 5.91 Å². The lowest BCUT2D eigenvalue weighted by atomic mass is 10.1. The maximum Gasteiger partial charge on any atom is 0.224 e. The van der Waals surface area contributed by atoms with Gasteiger partial charge in [-0.05, 0) is 44.0 Å². The summed E-state index contributed by atoms with van der Waals surface area (Å²) in [5.41, 5.74) is 3.37. The van der Waals surface area contributed by atoms with Gasteiger partial charge in [-0.15, -0.1) is 0 Å². The summed E-state index contributed by atoms with van der Waals surface area (Å²) in [6, 6.07) is 9.71. The number of carbonyl (C=O) groups is 1. The van der Waals surface area contributed by atoms with Crippen LogP contribution in [-0.2, 0) is 11.2 Å². The number of fused-ring (bicyclic) bond motifs is 1. The van der Waals surface area contributed by atoms with Crippen molar-refractivity contribution in [2.75, 3.05) is 11.9 Å². The predicted molar refractivity (Wildman–Crippen MR) is 93.2 cm³/mol.